The number of rotatable bonds is 8. The minimum absolute atomic E-state index is 0.373. The molecule has 0 aliphatic heterocycles. The number of hydrogen-bond donors (Lipinski definition) is 2. The molecule has 4 heteroatoms. The molecule has 4 nitrogen and oxygen atoms in total. The number of hydrogen-bond acceptors (Lipinski definition) is 3. The normalized spacial score (nSPS) is 12.0. The molecule has 0 fully saturated rings. The van der Waals surface area contributed by atoms with Gasteiger partial charge >= 0.3 is 0 Å². The molecular weight excluding hydrogens is 585 g/mol. The van der Waals surface area contributed by atoms with Crippen molar-refractivity contribution in [1.29, 1.82) is 5.26 Å². The second-order valence-electron chi connectivity index (χ2n) is 11.7. The summed E-state index contributed by atoms with van der Waals surface area (Å²) in [6.45, 7) is 0.522. The monoisotopic (exact) mass is 618 g/mol. The summed E-state index contributed by atoms with van der Waals surface area (Å²) in [7, 11) is 0. The summed E-state index contributed by atoms with van der Waals surface area (Å²) in [5.74, 6) is 0.765. The summed E-state index contributed by atoms with van der Waals surface area (Å²) in [5, 5.41) is 15.0. The molecule has 48 heavy (non-hydrogen) atoms. The molecule has 0 aliphatic rings. The van der Waals surface area contributed by atoms with Crippen LogP contribution in [0.25, 0.3) is 44.2 Å². The fourth-order valence-corrected chi connectivity index (χ4v) is 6.07. The lowest BCUT2D eigenvalue weighted by molar-refractivity contribution is 0.679. The number of nitrogens with zero attached hydrogens (tertiary/aromatic N) is 2. The number of amidine groups is 1. The maximum Gasteiger partial charge on any atom is 0.130 e. The Morgan fingerprint density at radius 1 is 0.583 bits per heavy atom. The molecule has 1 unspecified atom stereocenters. The molecule has 0 saturated carbocycles. The average molecular weight is 619 g/mol. The maximum absolute atomic E-state index is 9.19. The Morgan fingerprint density at radius 2 is 1.17 bits per heavy atom. The van der Waals surface area contributed by atoms with Gasteiger partial charge in [-0.2, -0.15) is 5.26 Å². The second-order valence-corrected chi connectivity index (χ2v) is 11.7. The molecule has 0 aromatic heterocycles. The van der Waals surface area contributed by atoms with E-state index in [1.807, 2.05) is 84.9 Å². The van der Waals surface area contributed by atoms with Gasteiger partial charge in [-0.05, 0) is 73.5 Å². The number of aliphatic imine (C=N–C) groups is 1. The van der Waals surface area contributed by atoms with Crippen molar-refractivity contribution >= 4 is 16.6 Å². The number of fused-ring (bicyclic) bond motifs is 1. The number of benzene rings is 7. The van der Waals surface area contributed by atoms with Crippen molar-refractivity contribution in [3.8, 4) is 39.4 Å². The van der Waals surface area contributed by atoms with Gasteiger partial charge in [-0.1, -0.05) is 152 Å². The zero-order valence-electron chi connectivity index (χ0n) is 26.4. The first kappa shape index (κ1) is 30.4. The highest BCUT2D eigenvalue weighted by atomic mass is 15.1. The lowest BCUT2D eigenvalue weighted by Gasteiger charge is -2.18. The molecule has 1 atom stereocenters. The molecule has 0 bridgehead atoms. The van der Waals surface area contributed by atoms with Crippen LogP contribution in [0.1, 0.15) is 28.4 Å². The molecule has 0 amide bonds. The molecule has 0 radical (unpaired) electrons. The van der Waals surface area contributed by atoms with Crippen molar-refractivity contribution < 1.29 is 0 Å². The Labute approximate surface area is 281 Å². The molecule has 3 N–H and O–H groups in total. The number of nitrogens with two attached hydrogens (primary N) is 1. The predicted octanol–water partition coefficient (Wildman–Crippen LogP) is 9.91. The van der Waals surface area contributed by atoms with Gasteiger partial charge in [0.2, 0.25) is 0 Å². The topological polar surface area (TPSA) is 74.2 Å². The van der Waals surface area contributed by atoms with Crippen LogP contribution in [-0.2, 0) is 6.54 Å². The number of nitrogens with one attached hydrogen (secondary N) is 1. The van der Waals surface area contributed by atoms with Crippen LogP contribution in [0.3, 0.4) is 0 Å². The summed E-state index contributed by atoms with van der Waals surface area (Å²) in [6.07, 6.45) is -0.373. The Bertz CT molecular complexity index is 2230. The summed E-state index contributed by atoms with van der Waals surface area (Å²) < 4.78 is 0. The van der Waals surface area contributed by atoms with Crippen LogP contribution in [0.4, 0.5) is 0 Å². The first-order valence-corrected chi connectivity index (χ1v) is 16.1. The molecule has 7 aromatic carbocycles. The molecule has 230 valence electrons. The third kappa shape index (κ3) is 6.64. The number of nitriles is 1. The van der Waals surface area contributed by atoms with Gasteiger partial charge in [0.25, 0.3) is 0 Å². The summed E-state index contributed by atoms with van der Waals surface area (Å²) in [6, 6.07) is 60.4. The van der Waals surface area contributed by atoms with Crippen LogP contribution in [-0.4, -0.2) is 5.84 Å². The smallest absolute Gasteiger partial charge is 0.130 e. The van der Waals surface area contributed by atoms with E-state index in [1.54, 1.807) is 0 Å². The van der Waals surface area contributed by atoms with E-state index in [-0.39, 0.29) is 6.17 Å². The fourth-order valence-electron chi connectivity index (χ4n) is 6.07. The van der Waals surface area contributed by atoms with Gasteiger partial charge in [0.15, 0.2) is 0 Å². The van der Waals surface area contributed by atoms with E-state index >= 15 is 0 Å². The van der Waals surface area contributed by atoms with Crippen molar-refractivity contribution in [1.82, 2.24) is 5.32 Å². The Balaban J connectivity index is 1.16. The minimum atomic E-state index is -0.373. The van der Waals surface area contributed by atoms with Crippen molar-refractivity contribution in [2.45, 2.75) is 12.7 Å². The van der Waals surface area contributed by atoms with Gasteiger partial charge in [-0.3, -0.25) is 4.99 Å². The maximum atomic E-state index is 9.19. The van der Waals surface area contributed by atoms with Crippen molar-refractivity contribution in [3.05, 3.63) is 192 Å². The first-order chi connectivity index (χ1) is 23.7. The fraction of sp³-hybridized carbons (Fsp3) is 0.0455. The van der Waals surface area contributed by atoms with E-state index in [0.29, 0.717) is 12.1 Å². The third-order valence-electron chi connectivity index (χ3n) is 8.63. The zero-order chi connectivity index (χ0) is 32.7. The first-order valence-electron chi connectivity index (χ1n) is 16.1. The van der Waals surface area contributed by atoms with E-state index in [9.17, 15) is 5.26 Å². The Morgan fingerprint density at radius 3 is 1.83 bits per heavy atom. The van der Waals surface area contributed by atoms with Crippen LogP contribution < -0.4 is 11.1 Å². The van der Waals surface area contributed by atoms with Gasteiger partial charge in [-0.25, -0.2) is 0 Å². The largest absolute Gasteiger partial charge is 0.351 e. The van der Waals surface area contributed by atoms with E-state index in [4.69, 9.17) is 10.7 Å². The summed E-state index contributed by atoms with van der Waals surface area (Å²) >= 11 is 0. The van der Waals surface area contributed by atoms with Gasteiger partial charge in [-0.15, -0.1) is 0 Å². The van der Waals surface area contributed by atoms with E-state index in [1.165, 1.54) is 21.9 Å². The van der Waals surface area contributed by atoms with Crippen LogP contribution in [0.5, 0.6) is 0 Å². The SMILES string of the molecule is N#Cc1ccc(-c2cccc(-c3ccc(-c4ccc(CN=C(NC(N)c5ccccc5)c5ccccc5)cc4)c4ccccc34)c2)cc1. The zero-order valence-corrected chi connectivity index (χ0v) is 26.4. The van der Waals surface area contributed by atoms with Gasteiger partial charge in [0.1, 0.15) is 12.0 Å². The molecule has 0 aliphatic carbocycles. The van der Waals surface area contributed by atoms with E-state index in [2.05, 4.69) is 96.3 Å². The summed E-state index contributed by atoms with van der Waals surface area (Å²) in [5.41, 5.74) is 17.2. The quantitative estimate of drug-likeness (QED) is 0.101. The average Bonchev–Trinajstić information content (AvgIpc) is 3.17. The van der Waals surface area contributed by atoms with Crippen LogP contribution >= 0.6 is 0 Å². The summed E-state index contributed by atoms with van der Waals surface area (Å²) in [4.78, 5) is 4.98. The molecule has 0 heterocycles. The lowest BCUT2D eigenvalue weighted by Crippen LogP contribution is -2.34. The van der Waals surface area contributed by atoms with Crippen LogP contribution in [0, 0.1) is 11.3 Å². The third-order valence-corrected chi connectivity index (χ3v) is 8.63. The highest BCUT2D eigenvalue weighted by molar-refractivity contribution is 6.05. The van der Waals surface area contributed by atoms with Crippen molar-refractivity contribution in [2.24, 2.45) is 10.7 Å². The molecular formula is C44H34N4. The molecule has 0 spiro atoms. The highest BCUT2D eigenvalue weighted by Gasteiger charge is 2.12. The molecule has 0 saturated heterocycles. The van der Waals surface area contributed by atoms with Gasteiger partial charge < -0.3 is 11.1 Å². The lowest BCUT2D eigenvalue weighted by atomic mass is 9.91. The minimum Gasteiger partial charge on any atom is -0.351 e. The molecule has 7 rings (SSSR count). The van der Waals surface area contributed by atoms with Gasteiger partial charge in [0, 0.05) is 5.56 Å². The Kier molecular flexibility index (Phi) is 8.87. The van der Waals surface area contributed by atoms with Crippen LogP contribution in [0.2, 0.25) is 0 Å². The molecule has 7 aromatic rings. The second kappa shape index (κ2) is 14.0. The van der Waals surface area contributed by atoms with Crippen molar-refractivity contribution in [3.63, 3.8) is 0 Å². The van der Waals surface area contributed by atoms with E-state index < -0.39 is 0 Å². The van der Waals surface area contributed by atoms with E-state index in [0.717, 1.165) is 44.8 Å². The highest BCUT2D eigenvalue weighted by Crippen LogP contribution is 2.37. The predicted molar refractivity (Wildman–Crippen MR) is 198 cm³/mol. The van der Waals surface area contributed by atoms with Gasteiger partial charge in [0.05, 0.1) is 18.2 Å². The standard InChI is InChI=1S/C44H34N4/c45-29-31-18-22-33(23-19-31)37-14-9-15-38(28-37)40-27-26-39(41-16-7-8-17-42(40)41)34-24-20-32(21-25-34)30-47-44(36-12-5-2-6-13-36)48-43(46)35-10-3-1-4-11-35/h1-28,43H,30,46H2,(H,47,48). The van der Waals surface area contributed by atoms with Crippen LogP contribution in [0.15, 0.2) is 175 Å². The Hall–Kier alpha value is -6.28. The van der Waals surface area contributed by atoms with Crippen molar-refractivity contribution in [2.75, 3.05) is 0 Å².